The van der Waals surface area contributed by atoms with Crippen LogP contribution in [0.25, 0.3) is 0 Å². The summed E-state index contributed by atoms with van der Waals surface area (Å²) in [7, 11) is -1.03. The monoisotopic (exact) mass is 436 g/mol. The van der Waals surface area contributed by atoms with E-state index in [4.69, 9.17) is 14.2 Å². The van der Waals surface area contributed by atoms with E-state index in [-0.39, 0.29) is 10.6 Å². The molecule has 0 aromatic heterocycles. The lowest BCUT2D eigenvalue weighted by atomic mass is 10.2. The number of nitrogens with one attached hydrogen (secondary N) is 1. The van der Waals surface area contributed by atoms with Crippen molar-refractivity contribution >= 4 is 21.7 Å². The van der Waals surface area contributed by atoms with Gasteiger partial charge in [0.25, 0.3) is 10.0 Å². The van der Waals surface area contributed by atoms with Crippen LogP contribution in [0.15, 0.2) is 47.4 Å². The highest BCUT2D eigenvalue weighted by Crippen LogP contribution is 2.29. The van der Waals surface area contributed by atoms with E-state index in [0.717, 1.165) is 13.1 Å². The summed E-state index contributed by atoms with van der Waals surface area (Å²) < 4.78 is 43.5. The highest BCUT2D eigenvalue weighted by Gasteiger charge is 2.20. The first-order valence-electron chi connectivity index (χ1n) is 9.59. The number of nitrogens with zero attached hydrogens (tertiary/aromatic N) is 1. The molecule has 2 aromatic carbocycles. The van der Waals surface area contributed by atoms with Crippen LogP contribution < -0.4 is 14.2 Å². The molecular weight excluding hydrogens is 408 g/mol. The molecule has 0 aliphatic heterocycles. The van der Waals surface area contributed by atoms with Crippen molar-refractivity contribution in [3.05, 3.63) is 48.0 Å². The molecule has 2 rings (SSSR count). The van der Waals surface area contributed by atoms with Crippen LogP contribution in [0.2, 0.25) is 0 Å². The number of anilines is 1. The van der Waals surface area contributed by atoms with Crippen molar-refractivity contribution < 1.29 is 27.4 Å². The number of benzene rings is 2. The first-order chi connectivity index (χ1) is 14.3. The number of likely N-dealkylation sites (N-methyl/N-ethyl adjacent to an activating group) is 1. The van der Waals surface area contributed by atoms with Gasteiger partial charge < -0.3 is 19.1 Å². The molecule has 164 valence electrons. The predicted molar refractivity (Wildman–Crippen MR) is 115 cm³/mol. The van der Waals surface area contributed by atoms with E-state index < -0.39 is 16.0 Å². The minimum Gasteiger partial charge on any atom is -0.497 e. The van der Waals surface area contributed by atoms with Crippen molar-refractivity contribution in [1.29, 1.82) is 0 Å². The minimum absolute atomic E-state index is 0.0225. The lowest BCUT2D eigenvalue weighted by Crippen LogP contribution is -2.27. The molecule has 1 N–H and O–H groups in total. The smallest absolute Gasteiger partial charge is 0.338 e. The molecule has 8 nitrogen and oxygen atoms in total. The van der Waals surface area contributed by atoms with Gasteiger partial charge in [-0.3, -0.25) is 4.72 Å². The van der Waals surface area contributed by atoms with Gasteiger partial charge in [0.2, 0.25) is 0 Å². The fraction of sp³-hybridized carbons (Fsp3) is 0.381. The van der Waals surface area contributed by atoms with Crippen molar-refractivity contribution in [1.82, 2.24) is 4.90 Å². The van der Waals surface area contributed by atoms with E-state index in [0.29, 0.717) is 30.2 Å². The van der Waals surface area contributed by atoms with Crippen LogP contribution >= 0.6 is 0 Å². The van der Waals surface area contributed by atoms with E-state index in [1.54, 1.807) is 0 Å². The van der Waals surface area contributed by atoms with Crippen LogP contribution in [0.3, 0.4) is 0 Å². The molecule has 0 saturated carbocycles. The van der Waals surface area contributed by atoms with Crippen LogP contribution in [-0.2, 0) is 14.8 Å². The summed E-state index contributed by atoms with van der Waals surface area (Å²) in [5.74, 6) is 0.193. The Bertz CT molecular complexity index is 940. The summed E-state index contributed by atoms with van der Waals surface area (Å²) in [4.78, 5) is 14.3. The molecule has 0 aliphatic rings. The number of carbonyl (C=O) groups excluding carboxylic acids is 1. The van der Waals surface area contributed by atoms with Gasteiger partial charge >= 0.3 is 5.97 Å². The molecule has 0 saturated heterocycles. The zero-order valence-corrected chi connectivity index (χ0v) is 18.5. The zero-order chi connectivity index (χ0) is 22.1. The van der Waals surface area contributed by atoms with Gasteiger partial charge in [-0.2, -0.15) is 0 Å². The highest BCUT2D eigenvalue weighted by molar-refractivity contribution is 7.92. The van der Waals surface area contributed by atoms with Crippen molar-refractivity contribution in [2.45, 2.75) is 18.7 Å². The first kappa shape index (κ1) is 23.5. The second kappa shape index (κ2) is 10.8. The van der Waals surface area contributed by atoms with Crippen molar-refractivity contribution in [3.8, 4) is 11.5 Å². The third-order valence-corrected chi connectivity index (χ3v) is 5.99. The number of sulfonamides is 1. The quantitative estimate of drug-likeness (QED) is 0.541. The van der Waals surface area contributed by atoms with Gasteiger partial charge in [-0.15, -0.1) is 0 Å². The van der Waals surface area contributed by atoms with Crippen LogP contribution in [0.5, 0.6) is 11.5 Å². The molecule has 2 aromatic rings. The number of esters is 1. The molecular formula is C21H28N2O6S. The maximum absolute atomic E-state index is 12.7. The van der Waals surface area contributed by atoms with Gasteiger partial charge in [-0.05, 0) is 49.5 Å². The van der Waals surface area contributed by atoms with E-state index in [1.165, 1.54) is 56.7 Å². The molecule has 0 radical (unpaired) electrons. The average molecular weight is 437 g/mol. The van der Waals surface area contributed by atoms with Crippen LogP contribution in [0, 0.1) is 0 Å². The molecule has 30 heavy (non-hydrogen) atoms. The summed E-state index contributed by atoms with van der Waals surface area (Å²) in [6, 6.07) is 10.5. The Balaban J connectivity index is 2.05. The normalized spacial score (nSPS) is 11.2. The number of hydrogen-bond acceptors (Lipinski definition) is 7. The SMILES string of the molecule is CCN(CC)CCOC(=O)c1ccc(NS(=O)(=O)c2ccc(OC)cc2OC)cc1. The molecule has 0 atom stereocenters. The second-order valence-corrected chi connectivity index (χ2v) is 8.01. The molecule has 0 fully saturated rings. The standard InChI is InChI=1S/C21H28N2O6S/c1-5-23(6-2)13-14-29-21(24)16-7-9-17(10-8-16)22-30(25,26)20-12-11-18(27-3)15-19(20)28-4/h7-12,15,22H,5-6,13-14H2,1-4H3. The number of rotatable bonds is 11. The van der Waals surface area contributed by atoms with Gasteiger partial charge in [0.1, 0.15) is 23.0 Å². The molecule has 9 heteroatoms. The number of methoxy groups -OCH3 is 2. The summed E-state index contributed by atoms with van der Waals surface area (Å²) in [6.07, 6.45) is 0. The summed E-state index contributed by atoms with van der Waals surface area (Å²) >= 11 is 0. The fourth-order valence-electron chi connectivity index (χ4n) is 2.77. The van der Waals surface area contributed by atoms with Crippen LogP contribution in [-0.4, -0.2) is 59.7 Å². The van der Waals surface area contributed by atoms with Gasteiger partial charge in [-0.1, -0.05) is 13.8 Å². The van der Waals surface area contributed by atoms with Gasteiger partial charge in [0.05, 0.1) is 19.8 Å². The number of hydrogen-bond donors (Lipinski definition) is 1. The molecule has 0 amide bonds. The Morgan fingerprint density at radius 3 is 2.23 bits per heavy atom. The highest BCUT2D eigenvalue weighted by atomic mass is 32.2. The summed E-state index contributed by atoms with van der Waals surface area (Å²) in [6.45, 7) is 6.84. The van der Waals surface area contributed by atoms with Crippen molar-refractivity contribution in [2.24, 2.45) is 0 Å². The minimum atomic E-state index is -3.90. The van der Waals surface area contributed by atoms with Gasteiger partial charge in [-0.25, -0.2) is 13.2 Å². The Labute approximate surface area is 177 Å². The average Bonchev–Trinajstić information content (AvgIpc) is 2.76. The third-order valence-electron chi connectivity index (χ3n) is 4.57. The van der Waals surface area contributed by atoms with Crippen LogP contribution in [0.1, 0.15) is 24.2 Å². The maximum Gasteiger partial charge on any atom is 0.338 e. The number of carbonyl (C=O) groups is 1. The van der Waals surface area contributed by atoms with Crippen LogP contribution in [0.4, 0.5) is 5.69 Å². The van der Waals surface area contributed by atoms with E-state index in [2.05, 4.69) is 9.62 Å². The second-order valence-electron chi connectivity index (χ2n) is 6.36. The summed E-state index contributed by atoms with van der Waals surface area (Å²) in [5, 5.41) is 0. The summed E-state index contributed by atoms with van der Waals surface area (Å²) in [5.41, 5.74) is 0.659. The zero-order valence-electron chi connectivity index (χ0n) is 17.7. The largest absolute Gasteiger partial charge is 0.497 e. The number of ether oxygens (including phenoxy) is 3. The Hall–Kier alpha value is -2.78. The first-order valence-corrected chi connectivity index (χ1v) is 11.1. The predicted octanol–water partition coefficient (Wildman–Crippen LogP) is 3.00. The van der Waals surface area contributed by atoms with Gasteiger partial charge in [0, 0.05) is 18.3 Å². The Morgan fingerprint density at radius 2 is 1.67 bits per heavy atom. The topological polar surface area (TPSA) is 94.2 Å². The molecule has 0 aliphatic carbocycles. The maximum atomic E-state index is 12.7. The van der Waals surface area contributed by atoms with Gasteiger partial charge in [0.15, 0.2) is 0 Å². The Morgan fingerprint density at radius 1 is 1.00 bits per heavy atom. The fourth-order valence-corrected chi connectivity index (χ4v) is 3.98. The van der Waals surface area contributed by atoms with E-state index in [9.17, 15) is 13.2 Å². The molecule has 0 heterocycles. The molecule has 0 unspecified atom stereocenters. The lowest BCUT2D eigenvalue weighted by molar-refractivity contribution is 0.0466. The molecule has 0 bridgehead atoms. The van der Waals surface area contributed by atoms with Crippen molar-refractivity contribution in [3.63, 3.8) is 0 Å². The van der Waals surface area contributed by atoms with Crippen molar-refractivity contribution in [2.75, 3.05) is 45.2 Å². The van der Waals surface area contributed by atoms with E-state index >= 15 is 0 Å². The lowest BCUT2D eigenvalue weighted by Gasteiger charge is -2.17. The molecule has 0 spiro atoms. The Kier molecular flexibility index (Phi) is 8.49. The third kappa shape index (κ3) is 6.11. The van der Waals surface area contributed by atoms with E-state index in [1.807, 2.05) is 13.8 Å².